The van der Waals surface area contributed by atoms with Gasteiger partial charge in [0.2, 0.25) is 0 Å². The molecule has 8 heterocycles. The van der Waals surface area contributed by atoms with E-state index in [1.807, 2.05) is 0 Å². The Kier molecular flexibility index (Phi) is 5.75. The second-order valence-corrected chi connectivity index (χ2v) is 20.8. The van der Waals surface area contributed by atoms with Gasteiger partial charge in [0, 0.05) is 86.2 Å². The molecule has 0 fully saturated rings. The fourth-order valence-corrected chi connectivity index (χ4v) is 14.8. The van der Waals surface area contributed by atoms with E-state index in [0.717, 1.165) is 0 Å². The predicted octanol–water partition coefficient (Wildman–Crippen LogP) is 18.3. The van der Waals surface area contributed by atoms with Crippen LogP contribution in [0.25, 0.3) is 185 Å². The van der Waals surface area contributed by atoms with E-state index in [2.05, 4.69) is 224 Å². The summed E-state index contributed by atoms with van der Waals surface area (Å²) < 4.78 is 10.2. The lowest BCUT2D eigenvalue weighted by molar-refractivity contribution is 1.36. The van der Waals surface area contributed by atoms with Gasteiger partial charge in [0.25, 0.3) is 0 Å². The molecule has 12 aromatic carbocycles. The monoisotopic (exact) mass is 906 g/mol. The van der Waals surface area contributed by atoms with Crippen LogP contribution in [0.3, 0.4) is 0 Å². The maximum Gasteiger partial charge on any atom is 0.0626 e. The Morgan fingerprint density at radius 1 is 0.181 bits per heavy atom. The second-order valence-electron chi connectivity index (χ2n) is 20.8. The van der Waals surface area contributed by atoms with Crippen molar-refractivity contribution in [3.05, 3.63) is 206 Å². The van der Waals surface area contributed by atoms with E-state index in [1.165, 1.54) is 185 Å². The minimum Gasteiger partial charge on any atom is -0.308 e. The van der Waals surface area contributed by atoms with Crippen LogP contribution in [0, 0.1) is 0 Å². The summed E-state index contributed by atoms with van der Waals surface area (Å²) in [5, 5.41) is 25.8. The smallest absolute Gasteiger partial charge is 0.0626 e. The van der Waals surface area contributed by atoms with Crippen LogP contribution in [0.2, 0.25) is 0 Å². The van der Waals surface area contributed by atoms with Crippen LogP contribution < -0.4 is 0 Å². The molecule has 20 rings (SSSR count). The third kappa shape index (κ3) is 3.81. The van der Waals surface area contributed by atoms with Crippen molar-refractivity contribution in [2.24, 2.45) is 0 Å². The fourth-order valence-electron chi connectivity index (χ4n) is 14.8. The fraction of sp³-hybridized carbons (Fsp3) is 0. The van der Waals surface area contributed by atoms with E-state index in [1.54, 1.807) is 0 Å². The Labute approximate surface area is 406 Å². The molecule has 0 saturated carbocycles. The molecule has 0 aliphatic rings. The molecule has 72 heavy (non-hydrogen) atoms. The van der Waals surface area contributed by atoms with E-state index in [4.69, 9.17) is 0 Å². The molecule has 0 atom stereocenters. The Hall–Kier alpha value is -9.64. The largest absolute Gasteiger partial charge is 0.308 e. The maximum absolute atomic E-state index is 2.61. The number of hydrogen-bond donors (Lipinski definition) is 0. The first-order valence-corrected chi connectivity index (χ1v) is 25.2. The number of para-hydroxylation sites is 4. The Morgan fingerprint density at radius 3 is 1.04 bits per heavy atom. The lowest BCUT2D eigenvalue weighted by atomic mass is 9.92. The molecule has 326 valence electrons. The number of hydrogen-bond acceptors (Lipinski definition) is 0. The van der Waals surface area contributed by atoms with Crippen molar-refractivity contribution in [3.63, 3.8) is 0 Å². The summed E-state index contributed by atoms with van der Waals surface area (Å²) >= 11 is 0. The average Bonchev–Trinajstić information content (AvgIpc) is 4.32. The highest BCUT2D eigenvalue weighted by Crippen LogP contribution is 2.52. The topological polar surface area (TPSA) is 17.6 Å². The van der Waals surface area contributed by atoms with Gasteiger partial charge < -0.3 is 17.6 Å². The lowest BCUT2D eigenvalue weighted by Crippen LogP contribution is -1.84. The highest BCUT2D eigenvalue weighted by molar-refractivity contribution is 6.35. The highest BCUT2D eigenvalue weighted by Gasteiger charge is 2.28. The molecule has 0 radical (unpaired) electrons. The molecule has 0 amide bonds. The van der Waals surface area contributed by atoms with Crippen LogP contribution in [0.1, 0.15) is 0 Å². The molecular formula is C68H34N4. The minimum absolute atomic E-state index is 1.24. The number of nitrogens with zero attached hydrogens (tertiary/aromatic N) is 4. The molecule has 4 heteroatoms. The van der Waals surface area contributed by atoms with Crippen LogP contribution in [0.5, 0.6) is 0 Å². The lowest BCUT2D eigenvalue weighted by Gasteiger charge is -2.09. The number of aromatic nitrogens is 4. The number of benzene rings is 12. The zero-order valence-electron chi connectivity index (χ0n) is 38.4. The van der Waals surface area contributed by atoms with Gasteiger partial charge in [-0.1, -0.05) is 146 Å². The van der Waals surface area contributed by atoms with E-state index < -0.39 is 0 Å². The quantitative estimate of drug-likeness (QED) is 0.156. The van der Waals surface area contributed by atoms with Crippen molar-refractivity contribution in [2.75, 3.05) is 0 Å². The summed E-state index contributed by atoms with van der Waals surface area (Å²) in [7, 11) is 0. The van der Waals surface area contributed by atoms with Gasteiger partial charge in [0.1, 0.15) is 0 Å². The van der Waals surface area contributed by atoms with Gasteiger partial charge in [-0.2, -0.15) is 0 Å². The molecule has 8 aromatic heterocycles. The Bertz CT molecular complexity index is 5880. The summed E-state index contributed by atoms with van der Waals surface area (Å²) in [6.45, 7) is 0. The van der Waals surface area contributed by atoms with Crippen LogP contribution in [0.15, 0.2) is 206 Å². The average molecular weight is 907 g/mol. The molecule has 0 aliphatic carbocycles. The Morgan fingerprint density at radius 2 is 0.500 bits per heavy atom. The van der Waals surface area contributed by atoms with Gasteiger partial charge in [0.05, 0.1) is 66.2 Å². The zero-order chi connectivity index (χ0) is 46.0. The molecule has 0 N–H and O–H groups in total. The third-order valence-corrected chi connectivity index (χ3v) is 17.6. The SMILES string of the molecule is c1ccc2cc3c(cc2c1)c1cccc2c4cc5c(cc4n3c12)c1ccc(-c2ccc3c4cc6c(cc4n4c7ccccc7c2c34)c2cccc3c4ccccc4n6c32)c2c3cc4ccccc4cc3n5c12. The standard InChI is InChI=1S/C68H34N4/c1-3-13-37-29-57-49(27-35(37)11-1)43-18-10-20-45-51-32-62-53(34-61(51)71(57)66(43)45)47-26-24-41(64-54-28-36-12-2-4-14-38(36)30-58(54)72(62)68(47)64)40-23-25-46-52-33-59-50(31-60(52)70-56-22-8-6-16-48(56)63(40)67(46)70)44-19-9-17-42-39-15-5-7-21-55(39)69(59)65(42)44/h1-34H. The van der Waals surface area contributed by atoms with Gasteiger partial charge in [-0.25, -0.2) is 0 Å². The van der Waals surface area contributed by atoms with E-state index >= 15 is 0 Å². The zero-order valence-corrected chi connectivity index (χ0v) is 38.4. The third-order valence-electron chi connectivity index (χ3n) is 17.6. The van der Waals surface area contributed by atoms with Crippen LogP contribution in [0.4, 0.5) is 0 Å². The first-order chi connectivity index (χ1) is 35.7. The summed E-state index contributed by atoms with van der Waals surface area (Å²) in [5.74, 6) is 0. The van der Waals surface area contributed by atoms with Crippen LogP contribution >= 0.6 is 0 Å². The summed E-state index contributed by atoms with van der Waals surface area (Å²) in [6.07, 6.45) is 0. The molecule has 0 bridgehead atoms. The van der Waals surface area contributed by atoms with Crippen molar-refractivity contribution in [3.8, 4) is 11.1 Å². The molecule has 4 nitrogen and oxygen atoms in total. The van der Waals surface area contributed by atoms with Crippen molar-refractivity contribution in [1.82, 2.24) is 17.6 Å². The summed E-state index contributed by atoms with van der Waals surface area (Å²) in [6, 6.07) is 78.8. The normalized spacial score (nSPS) is 13.3. The van der Waals surface area contributed by atoms with Gasteiger partial charge >= 0.3 is 0 Å². The first-order valence-electron chi connectivity index (χ1n) is 25.2. The van der Waals surface area contributed by atoms with Crippen molar-refractivity contribution in [1.29, 1.82) is 0 Å². The van der Waals surface area contributed by atoms with Gasteiger partial charge in [0.15, 0.2) is 0 Å². The minimum atomic E-state index is 1.24. The first kappa shape index (κ1) is 35.5. The van der Waals surface area contributed by atoms with E-state index in [9.17, 15) is 0 Å². The summed E-state index contributed by atoms with van der Waals surface area (Å²) in [5.41, 5.74) is 17.8. The van der Waals surface area contributed by atoms with E-state index in [0.29, 0.717) is 0 Å². The molecule has 0 aliphatic heterocycles. The highest BCUT2D eigenvalue weighted by atomic mass is 15.0. The van der Waals surface area contributed by atoms with Crippen LogP contribution in [-0.2, 0) is 0 Å². The van der Waals surface area contributed by atoms with Gasteiger partial charge in [-0.05, 0) is 93.3 Å². The number of rotatable bonds is 1. The van der Waals surface area contributed by atoms with E-state index in [-0.39, 0.29) is 0 Å². The van der Waals surface area contributed by atoms with Crippen molar-refractivity contribution in [2.45, 2.75) is 0 Å². The molecule has 20 aromatic rings. The molecule has 0 spiro atoms. The molecule has 0 saturated heterocycles. The predicted molar refractivity (Wildman–Crippen MR) is 306 cm³/mol. The molecule has 0 unspecified atom stereocenters. The van der Waals surface area contributed by atoms with Crippen molar-refractivity contribution >= 4 is 174 Å². The van der Waals surface area contributed by atoms with Gasteiger partial charge in [-0.15, -0.1) is 0 Å². The van der Waals surface area contributed by atoms with Crippen LogP contribution in [-0.4, -0.2) is 17.6 Å². The summed E-state index contributed by atoms with van der Waals surface area (Å²) in [4.78, 5) is 0. The second kappa shape index (κ2) is 11.7. The Balaban J connectivity index is 0.925. The van der Waals surface area contributed by atoms with Crippen molar-refractivity contribution < 1.29 is 0 Å². The maximum atomic E-state index is 2.61. The number of fused-ring (bicyclic) bond motifs is 26. The molecular weight excluding hydrogens is 873 g/mol. The van der Waals surface area contributed by atoms with Gasteiger partial charge in [-0.3, -0.25) is 0 Å².